The van der Waals surface area contributed by atoms with Gasteiger partial charge >= 0.3 is 0 Å². The van der Waals surface area contributed by atoms with Gasteiger partial charge < -0.3 is 4.74 Å². The first kappa shape index (κ1) is 28.3. The summed E-state index contributed by atoms with van der Waals surface area (Å²) in [7, 11) is 0. The molecule has 0 radical (unpaired) electrons. The maximum atomic E-state index is 13.6. The molecule has 0 bridgehead atoms. The number of hydrogen-bond donors (Lipinski definition) is 0. The van der Waals surface area contributed by atoms with E-state index in [1.165, 1.54) is 24.3 Å². The number of halogens is 2. The lowest BCUT2D eigenvalue weighted by Gasteiger charge is -2.12. The molecule has 6 aromatic carbocycles. The van der Waals surface area contributed by atoms with Gasteiger partial charge in [-0.05, 0) is 105 Å². The van der Waals surface area contributed by atoms with Crippen LogP contribution >= 0.6 is 0 Å². The van der Waals surface area contributed by atoms with E-state index in [0.717, 1.165) is 66.3 Å². The lowest BCUT2D eigenvalue weighted by molar-refractivity contribution is 0.448. The molecule has 0 saturated carbocycles. The van der Waals surface area contributed by atoms with Crippen molar-refractivity contribution in [3.63, 3.8) is 0 Å². The molecule has 2 aromatic heterocycles. The Balaban J connectivity index is 1.05. The van der Waals surface area contributed by atoms with Crippen molar-refractivity contribution in [1.82, 2.24) is 9.97 Å². The monoisotopic (exact) mass is 612 g/mol. The molecule has 0 fully saturated rings. The van der Waals surface area contributed by atoms with Gasteiger partial charge in [-0.3, -0.25) is 0 Å². The molecule has 5 heteroatoms. The van der Waals surface area contributed by atoms with Crippen LogP contribution in [0, 0.1) is 11.6 Å². The van der Waals surface area contributed by atoms with E-state index in [-0.39, 0.29) is 11.6 Å². The van der Waals surface area contributed by atoms with Crippen LogP contribution in [-0.2, 0) is 0 Å². The minimum atomic E-state index is -0.254. The van der Waals surface area contributed by atoms with Gasteiger partial charge in [0.2, 0.25) is 11.8 Å². The summed E-state index contributed by atoms with van der Waals surface area (Å²) in [4.78, 5) is 9.49. The van der Waals surface area contributed by atoms with Crippen LogP contribution in [0.1, 0.15) is 0 Å². The van der Waals surface area contributed by atoms with Crippen LogP contribution in [0.15, 0.2) is 158 Å². The van der Waals surface area contributed by atoms with E-state index in [9.17, 15) is 8.78 Å². The number of nitrogens with zero attached hydrogens (tertiary/aromatic N) is 2. The summed E-state index contributed by atoms with van der Waals surface area (Å²) in [6, 6.07) is 49.3. The largest absolute Gasteiger partial charge is 0.421 e. The van der Waals surface area contributed by atoms with E-state index in [1.54, 1.807) is 24.3 Å². The van der Waals surface area contributed by atoms with E-state index in [4.69, 9.17) is 14.7 Å². The van der Waals surface area contributed by atoms with E-state index in [2.05, 4.69) is 24.3 Å². The van der Waals surface area contributed by atoms with Crippen molar-refractivity contribution in [2.24, 2.45) is 0 Å². The first-order valence-corrected chi connectivity index (χ1v) is 15.3. The summed E-state index contributed by atoms with van der Waals surface area (Å²) in [6.45, 7) is 0. The van der Waals surface area contributed by atoms with Gasteiger partial charge in [-0.15, -0.1) is 0 Å². The number of aromatic nitrogens is 2. The molecule has 0 aliphatic rings. The predicted molar refractivity (Wildman–Crippen MR) is 185 cm³/mol. The Morgan fingerprint density at radius 2 is 0.723 bits per heavy atom. The third kappa shape index (κ3) is 5.71. The summed E-state index contributed by atoms with van der Waals surface area (Å²) in [5, 5.41) is 1.95. The Hall–Kier alpha value is -6.20. The zero-order valence-corrected chi connectivity index (χ0v) is 25.1. The third-order valence-corrected chi connectivity index (χ3v) is 8.32. The van der Waals surface area contributed by atoms with Crippen molar-refractivity contribution >= 4 is 21.8 Å². The molecule has 0 aliphatic heterocycles. The maximum Gasteiger partial charge on any atom is 0.221 e. The Morgan fingerprint density at radius 3 is 1.13 bits per heavy atom. The van der Waals surface area contributed by atoms with Gasteiger partial charge in [0.1, 0.15) is 11.6 Å². The first-order valence-electron chi connectivity index (χ1n) is 15.3. The summed E-state index contributed by atoms with van der Waals surface area (Å²) in [5.74, 6) is 0.396. The molecule has 8 aromatic rings. The summed E-state index contributed by atoms with van der Waals surface area (Å²) < 4.78 is 33.2. The van der Waals surface area contributed by atoms with E-state index < -0.39 is 0 Å². The lowest BCUT2D eigenvalue weighted by Crippen LogP contribution is -1.92. The van der Waals surface area contributed by atoms with Crippen molar-refractivity contribution in [2.75, 3.05) is 0 Å². The smallest absolute Gasteiger partial charge is 0.221 e. The summed E-state index contributed by atoms with van der Waals surface area (Å²) in [5.41, 5.74) is 9.79. The van der Waals surface area contributed by atoms with Gasteiger partial charge in [-0.2, -0.15) is 0 Å². The maximum absolute atomic E-state index is 13.6. The fourth-order valence-corrected chi connectivity index (χ4v) is 6.00. The second kappa shape index (κ2) is 12.0. The van der Waals surface area contributed by atoms with Gasteiger partial charge in [0, 0.05) is 22.9 Å². The predicted octanol–water partition coefficient (Wildman–Crippen LogP) is 11.5. The van der Waals surface area contributed by atoms with Gasteiger partial charge in [0.05, 0.1) is 11.0 Å². The molecule has 3 nitrogen and oxygen atoms in total. The Kier molecular flexibility index (Phi) is 7.19. The van der Waals surface area contributed by atoms with Crippen LogP contribution in [0.25, 0.3) is 66.3 Å². The van der Waals surface area contributed by atoms with Crippen LogP contribution in [0.3, 0.4) is 0 Å². The molecular formula is C42H26F2N2O. The molecule has 0 unspecified atom stereocenters. The molecule has 0 spiro atoms. The molecular weight excluding hydrogens is 586 g/mol. The third-order valence-electron chi connectivity index (χ3n) is 8.32. The molecule has 224 valence electrons. The van der Waals surface area contributed by atoms with E-state index >= 15 is 0 Å². The normalized spacial score (nSPS) is 11.2. The van der Waals surface area contributed by atoms with Crippen molar-refractivity contribution in [3.05, 3.63) is 169 Å². The fraction of sp³-hybridized carbons (Fsp3) is 0. The van der Waals surface area contributed by atoms with Crippen LogP contribution in [-0.4, -0.2) is 9.97 Å². The fourth-order valence-electron chi connectivity index (χ4n) is 6.00. The number of fused-ring (bicyclic) bond motifs is 2. The highest BCUT2D eigenvalue weighted by atomic mass is 19.1. The number of ether oxygens (including phenoxy) is 1. The zero-order chi connectivity index (χ0) is 31.7. The molecule has 0 amide bonds. The van der Waals surface area contributed by atoms with Crippen molar-refractivity contribution in [2.45, 2.75) is 0 Å². The molecule has 0 aliphatic carbocycles. The minimum absolute atomic E-state index is 0.254. The molecule has 0 saturated heterocycles. The SMILES string of the molecule is Fc1ccc(-c2ccccc2-c2ccc3nc(Oc4ccc5cc(-c6ccccc6-c6ccc(F)cc6)ccc5n4)ccc3c2)cc1. The van der Waals surface area contributed by atoms with Crippen molar-refractivity contribution < 1.29 is 13.5 Å². The van der Waals surface area contributed by atoms with Crippen molar-refractivity contribution in [3.8, 4) is 56.3 Å². The zero-order valence-electron chi connectivity index (χ0n) is 25.1. The van der Waals surface area contributed by atoms with E-state index in [1.807, 2.05) is 84.9 Å². The minimum Gasteiger partial charge on any atom is -0.421 e. The van der Waals surface area contributed by atoms with Gasteiger partial charge in [0.15, 0.2) is 0 Å². The van der Waals surface area contributed by atoms with Crippen LogP contribution in [0.5, 0.6) is 11.8 Å². The second-order valence-corrected chi connectivity index (χ2v) is 11.3. The highest BCUT2D eigenvalue weighted by Crippen LogP contribution is 2.36. The molecule has 47 heavy (non-hydrogen) atoms. The standard InChI is InChI=1S/C42H26F2N2O/c43-33-17-9-27(10-18-33)35-5-1-3-7-37(35)29-13-21-39-31(25-29)15-23-41(45-39)47-42-24-16-32-26-30(14-22-40(32)46-42)38-8-4-2-6-36(38)28-11-19-34(44)20-12-28/h1-26H. The molecule has 8 rings (SSSR count). The first-order chi connectivity index (χ1) is 23.1. The molecule has 0 atom stereocenters. The average Bonchev–Trinajstić information content (AvgIpc) is 3.12. The van der Waals surface area contributed by atoms with Gasteiger partial charge in [-0.25, -0.2) is 18.7 Å². The van der Waals surface area contributed by atoms with Crippen LogP contribution in [0.2, 0.25) is 0 Å². The van der Waals surface area contributed by atoms with Crippen LogP contribution < -0.4 is 4.74 Å². The van der Waals surface area contributed by atoms with Crippen LogP contribution in [0.4, 0.5) is 8.78 Å². The summed E-state index contributed by atoms with van der Waals surface area (Å²) >= 11 is 0. The lowest BCUT2D eigenvalue weighted by atomic mass is 9.94. The summed E-state index contributed by atoms with van der Waals surface area (Å²) in [6.07, 6.45) is 0. The van der Waals surface area contributed by atoms with E-state index in [0.29, 0.717) is 11.8 Å². The highest BCUT2D eigenvalue weighted by molar-refractivity contribution is 5.91. The number of hydrogen-bond acceptors (Lipinski definition) is 3. The number of benzene rings is 6. The Labute approximate surface area is 270 Å². The second-order valence-electron chi connectivity index (χ2n) is 11.3. The van der Waals surface area contributed by atoms with Crippen molar-refractivity contribution in [1.29, 1.82) is 0 Å². The average molecular weight is 613 g/mol. The topological polar surface area (TPSA) is 35.0 Å². The highest BCUT2D eigenvalue weighted by Gasteiger charge is 2.12. The number of rotatable bonds is 6. The quantitative estimate of drug-likeness (QED) is 0.187. The van der Waals surface area contributed by atoms with Gasteiger partial charge in [0.25, 0.3) is 0 Å². The number of pyridine rings is 2. The van der Waals surface area contributed by atoms with Gasteiger partial charge in [-0.1, -0.05) is 84.9 Å². The molecule has 0 N–H and O–H groups in total. The molecule has 2 heterocycles. The Bertz CT molecular complexity index is 2230. The Morgan fingerprint density at radius 1 is 0.362 bits per heavy atom.